The maximum Gasteiger partial charge on any atom is 0.308 e. The number of Topliss-reactive ketones (excluding diaryl/α,β-unsaturated/α-hetero) is 2. The van der Waals surface area contributed by atoms with E-state index in [1.54, 1.807) is 13.8 Å². The summed E-state index contributed by atoms with van der Waals surface area (Å²) in [4.78, 5) is 66.7. The van der Waals surface area contributed by atoms with E-state index in [9.17, 15) is 34.2 Å². The van der Waals surface area contributed by atoms with Crippen LogP contribution in [0.1, 0.15) is 74.1 Å². The Kier molecular flexibility index (Phi) is 6.42. The number of rotatable bonds is 4. The molecule has 256 valence electrons. The number of aliphatic hydroxyl groups excluding tert-OH is 1. The topological polar surface area (TPSA) is 166 Å². The Balaban J connectivity index is 1.32. The summed E-state index contributed by atoms with van der Waals surface area (Å²) < 4.78 is 24.8. The van der Waals surface area contributed by atoms with Gasteiger partial charge in [0, 0.05) is 60.2 Å². The second kappa shape index (κ2) is 9.53. The molecule has 1 saturated heterocycles. The van der Waals surface area contributed by atoms with E-state index in [0.29, 0.717) is 6.42 Å². The number of aliphatic hydroxyl groups is 2. The maximum absolute atomic E-state index is 14.4. The fraction of sp³-hybridized carbons (Fsp3) is 0.806. The van der Waals surface area contributed by atoms with Gasteiger partial charge in [-0.25, -0.2) is 0 Å². The summed E-state index contributed by atoms with van der Waals surface area (Å²) in [7, 11) is 0. The molecule has 0 bridgehead atoms. The molecule has 11 nitrogen and oxygen atoms in total. The smallest absolute Gasteiger partial charge is 0.308 e. The molecule has 17 atom stereocenters. The van der Waals surface area contributed by atoms with Crippen molar-refractivity contribution in [3.8, 4) is 0 Å². The van der Waals surface area contributed by atoms with Gasteiger partial charge in [-0.1, -0.05) is 46.3 Å². The number of ketones is 2. The summed E-state index contributed by atoms with van der Waals surface area (Å²) in [5.41, 5.74) is -3.53. The lowest BCUT2D eigenvalue weighted by atomic mass is 9.42. The van der Waals surface area contributed by atoms with E-state index in [-0.39, 0.29) is 48.8 Å². The third-order valence-electron chi connectivity index (χ3n) is 14.6. The molecular weight excluding hydrogens is 608 g/mol. The lowest BCUT2D eigenvalue weighted by molar-refractivity contribution is -0.235. The van der Waals surface area contributed by atoms with Crippen LogP contribution in [0.15, 0.2) is 11.6 Å². The molecule has 6 saturated carbocycles. The molecule has 1 aliphatic heterocycles. The minimum atomic E-state index is -1.57. The van der Waals surface area contributed by atoms with Crippen LogP contribution in [0.4, 0.5) is 0 Å². The molecule has 6 unspecified atom stereocenters. The zero-order chi connectivity index (χ0) is 33.9. The standard InChI is InChI=1S/C36H46O11/c1-13(2)32(42)47-31-29-20(46-29)10-19-27(40)28(41)23-18(33(19,31)6)11-22(44-15(4)37)34(7)24-14(3)8-17-9-21(39)36(43)12-35(17,36)26(24)30(25(23)34)45-16(5)38/h8,13-14,18-20,22-26,28-31,41,43H,9-12H2,1-7H3/t14-,18?,19?,20+,22+,23?,24?,25?,26?,28-,29+,30-,31+,33-,34-,35+,36-/m1/s1. The van der Waals surface area contributed by atoms with Crippen LogP contribution in [0, 0.1) is 63.6 Å². The summed E-state index contributed by atoms with van der Waals surface area (Å²) in [5.74, 6) is -5.98. The molecule has 0 aromatic rings. The summed E-state index contributed by atoms with van der Waals surface area (Å²) in [6, 6.07) is 0. The lowest BCUT2D eigenvalue weighted by Crippen LogP contribution is -2.70. The molecule has 8 aliphatic rings. The Morgan fingerprint density at radius 1 is 0.979 bits per heavy atom. The van der Waals surface area contributed by atoms with Crippen molar-refractivity contribution in [2.75, 3.05) is 0 Å². The number of fused-ring (bicyclic) bond motifs is 8. The summed E-state index contributed by atoms with van der Waals surface area (Å²) in [6.07, 6.45) is -1.33. The van der Waals surface area contributed by atoms with Gasteiger partial charge in [-0.3, -0.25) is 24.0 Å². The van der Waals surface area contributed by atoms with Gasteiger partial charge in [-0.2, -0.15) is 0 Å². The van der Waals surface area contributed by atoms with Crippen LogP contribution in [-0.2, 0) is 42.9 Å². The Bertz CT molecular complexity index is 1530. The van der Waals surface area contributed by atoms with Gasteiger partial charge in [0.1, 0.15) is 36.1 Å². The van der Waals surface area contributed by atoms with Crippen molar-refractivity contribution in [2.24, 2.45) is 63.6 Å². The largest absolute Gasteiger partial charge is 0.462 e. The quantitative estimate of drug-likeness (QED) is 0.198. The normalized spacial score (nSPS) is 54.4. The second-order valence-corrected chi connectivity index (χ2v) is 16.8. The molecule has 1 spiro atoms. The van der Waals surface area contributed by atoms with Crippen LogP contribution in [0.3, 0.4) is 0 Å². The predicted molar refractivity (Wildman–Crippen MR) is 161 cm³/mol. The van der Waals surface area contributed by atoms with E-state index in [4.69, 9.17) is 18.9 Å². The first kappa shape index (κ1) is 31.6. The molecule has 1 heterocycles. The number of hydrogen-bond donors (Lipinski definition) is 2. The minimum absolute atomic E-state index is 0.129. The second-order valence-electron chi connectivity index (χ2n) is 16.8. The predicted octanol–water partition coefficient (Wildman–Crippen LogP) is 2.33. The van der Waals surface area contributed by atoms with Gasteiger partial charge < -0.3 is 29.2 Å². The van der Waals surface area contributed by atoms with Crippen molar-refractivity contribution >= 4 is 29.5 Å². The fourth-order valence-electron chi connectivity index (χ4n) is 12.8. The first-order valence-electron chi connectivity index (χ1n) is 17.3. The molecule has 47 heavy (non-hydrogen) atoms. The highest BCUT2D eigenvalue weighted by molar-refractivity contribution is 5.99. The Morgan fingerprint density at radius 3 is 2.28 bits per heavy atom. The maximum atomic E-state index is 14.4. The van der Waals surface area contributed by atoms with Gasteiger partial charge in [0.05, 0.1) is 12.0 Å². The fourth-order valence-corrected chi connectivity index (χ4v) is 12.8. The Labute approximate surface area is 274 Å². The molecule has 0 aromatic heterocycles. The van der Waals surface area contributed by atoms with E-state index >= 15 is 0 Å². The third-order valence-corrected chi connectivity index (χ3v) is 14.6. The van der Waals surface area contributed by atoms with Crippen LogP contribution in [0.5, 0.6) is 0 Å². The van der Waals surface area contributed by atoms with Crippen LogP contribution in [0.2, 0.25) is 0 Å². The average Bonchev–Trinajstić information content (AvgIpc) is 3.84. The van der Waals surface area contributed by atoms with E-state index in [1.165, 1.54) is 13.8 Å². The molecule has 0 radical (unpaired) electrons. The van der Waals surface area contributed by atoms with Crippen molar-refractivity contribution in [1.29, 1.82) is 0 Å². The molecule has 11 heteroatoms. The summed E-state index contributed by atoms with van der Waals surface area (Å²) in [6.45, 7) is 12.2. The van der Waals surface area contributed by atoms with E-state index in [1.807, 2.05) is 20.8 Å². The van der Waals surface area contributed by atoms with Crippen molar-refractivity contribution < 1.29 is 53.1 Å². The van der Waals surface area contributed by atoms with Crippen LogP contribution < -0.4 is 0 Å². The van der Waals surface area contributed by atoms with Gasteiger partial charge in [-0.05, 0) is 37.0 Å². The third kappa shape index (κ3) is 3.66. The first-order chi connectivity index (χ1) is 21.9. The molecule has 7 fully saturated rings. The van der Waals surface area contributed by atoms with Gasteiger partial charge in [0.15, 0.2) is 11.6 Å². The zero-order valence-corrected chi connectivity index (χ0v) is 28.1. The van der Waals surface area contributed by atoms with Crippen LogP contribution in [-0.4, -0.2) is 81.9 Å². The monoisotopic (exact) mass is 654 g/mol. The molecule has 2 N–H and O–H groups in total. The lowest BCUT2D eigenvalue weighted by Gasteiger charge is -2.63. The number of carbonyl (C=O) groups is 5. The van der Waals surface area contributed by atoms with Crippen molar-refractivity contribution in [3.05, 3.63) is 11.6 Å². The molecule has 7 aliphatic carbocycles. The van der Waals surface area contributed by atoms with Crippen molar-refractivity contribution in [2.45, 2.75) is 116 Å². The van der Waals surface area contributed by atoms with Gasteiger partial charge in [0.2, 0.25) is 0 Å². The highest BCUT2D eigenvalue weighted by Crippen LogP contribution is 2.82. The van der Waals surface area contributed by atoms with E-state index in [0.717, 1.165) is 5.57 Å². The molecule has 8 rings (SSSR count). The highest BCUT2D eigenvalue weighted by atomic mass is 16.6. The van der Waals surface area contributed by atoms with Crippen LogP contribution in [0.25, 0.3) is 0 Å². The summed E-state index contributed by atoms with van der Waals surface area (Å²) >= 11 is 0. The van der Waals surface area contributed by atoms with Gasteiger partial charge >= 0.3 is 17.9 Å². The molecule has 0 aromatic carbocycles. The van der Waals surface area contributed by atoms with E-state index < -0.39 is 106 Å². The number of allylic oxidation sites excluding steroid dienone is 1. The Hall–Kier alpha value is -2.63. The highest BCUT2D eigenvalue weighted by Gasteiger charge is 2.87. The number of carbonyl (C=O) groups excluding carboxylic acids is 5. The SMILES string of the molecule is CC(=O)O[C@@H]1C2C3C(C[C@H](OC(C)=O)[C@]2(C)C2C1[C@@]14C[C@@]1(O)C(=O)CC4=C[C@H]2C)[C@]1(C)C(C[C@@H]2O[C@@H]2[C@@H]1OC(=O)C(C)C)C(=O)[C@@H]3O. The number of esters is 3. The van der Waals surface area contributed by atoms with Crippen molar-refractivity contribution in [3.63, 3.8) is 0 Å². The Morgan fingerprint density at radius 2 is 1.66 bits per heavy atom. The molecular formula is C36H46O11. The zero-order valence-electron chi connectivity index (χ0n) is 28.1. The summed E-state index contributed by atoms with van der Waals surface area (Å²) in [5, 5.41) is 23.9. The van der Waals surface area contributed by atoms with Gasteiger partial charge in [0.25, 0.3) is 0 Å². The number of hydrogen-bond acceptors (Lipinski definition) is 11. The van der Waals surface area contributed by atoms with Crippen LogP contribution >= 0.6 is 0 Å². The van der Waals surface area contributed by atoms with Gasteiger partial charge in [-0.15, -0.1) is 0 Å². The van der Waals surface area contributed by atoms with E-state index in [2.05, 4.69) is 6.08 Å². The molecule has 0 amide bonds. The minimum Gasteiger partial charge on any atom is -0.462 e. The average molecular weight is 655 g/mol. The van der Waals surface area contributed by atoms with Crippen molar-refractivity contribution in [1.82, 2.24) is 0 Å². The number of ether oxygens (including phenoxy) is 4. The first-order valence-corrected chi connectivity index (χ1v) is 17.3. The number of epoxide rings is 1.